The van der Waals surface area contributed by atoms with Crippen LogP contribution in [0.3, 0.4) is 0 Å². The molecule has 0 aliphatic heterocycles. The minimum atomic E-state index is -1.00. The van der Waals surface area contributed by atoms with Crippen LogP contribution in [0.4, 0.5) is 0 Å². The fourth-order valence-corrected chi connectivity index (χ4v) is 2.85. The van der Waals surface area contributed by atoms with E-state index in [0.29, 0.717) is 27.1 Å². The molecule has 2 aromatic carbocycles. The number of hydrogen-bond acceptors (Lipinski definition) is 4. The van der Waals surface area contributed by atoms with Crippen molar-refractivity contribution in [2.75, 3.05) is 14.2 Å². The Balaban J connectivity index is 2.21. The molecule has 0 radical (unpaired) electrons. The van der Waals surface area contributed by atoms with Crippen molar-refractivity contribution in [2.45, 2.75) is 12.5 Å². The van der Waals surface area contributed by atoms with Gasteiger partial charge in [0.05, 0.1) is 31.2 Å². The van der Waals surface area contributed by atoms with Crippen LogP contribution in [0.2, 0.25) is 0 Å². The molecule has 0 fully saturated rings. The van der Waals surface area contributed by atoms with Crippen LogP contribution in [0.15, 0.2) is 46.9 Å². The first-order valence-corrected chi connectivity index (χ1v) is 8.24. The molecule has 0 bridgehead atoms. The summed E-state index contributed by atoms with van der Waals surface area (Å²) in [5, 5.41) is 11.9. The molecule has 7 heteroatoms. The second kappa shape index (κ2) is 8.53. The number of benzene rings is 2. The van der Waals surface area contributed by atoms with Gasteiger partial charge in [0, 0.05) is 5.56 Å². The van der Waals surface area contributed by atoms with Crippen LogP contribution >= 0.6 is 15.9 Å². The van der Waals surface area contributed by atoms with Crippen LogP contribution in [0, 0.1) is 0 Å². The highest BCUT2D eigenvalue weighted by Gasteiger charge is 2.19. The van der Waals surface area contributed by atoms with Crippen LogP contribution in [0.1, 0.15) is 28.4 Å². The lowest BCUT2D eigenvalue weighted by molar-refractivity contribution is -0.137. The Hall–Kier alpha value is -2.54. The average Bonchev–Trinajstić information content (AvgIpc) is 2.60. The number of aliphatic carboxylic acids is 1. The van der Waals surface area contributed by atoms with Crippen LogP contribution < -0.4 is 14.8 Å². The van der Waals surface area contributed by atoms with Gasteiger partial charge in [0.2, 0.25) is 0 Å². The van der Waals surface area contributed by atoms with Crippen molar-refractivity contribution >= 4 is 27.8 Å². The van der Waals surface area contributed by atoms with E-state index < -0.39 is 12.0 Å². The minimum absolute atomic E-state index is 0.227. The van der Waals surface area contributed by atoms with Gasteiger partial charge < -0.3 is 19.9 Å². The van der Waals surface area contributed by atoms with Crippen molar-refractivity contribution < 1.29 is 24.2 Å². The quantitative estimate of drug-likeness (QED) is 0.734. The number of amides is 1. The third-order valence-electron chi connectivity index (χ3n) is 3.62. The number of carbonyl (C=O) groups excluding carboxylic acids is 1. The molecule has 0 aromatic heterocycles. The summed E-state index contributed by atoms with van der Waals surface area (Å²) in [5.41, 5.74) is 1.08. The smallest absolute Gasteiger partial charge is 0.305 e. The summed E-state index contributed by atoms with van der Waals surface area (Å²) < 4.78 is 10.9. The number of methoxy groups -OCH3 is 2. The molecule has 2 aromatic rings. The Morgan fingerprint density at radius 3 is 2.32 bits per heavy atom. The van der Waals surface area contributed by atoms with E-state index in [1.807, 2.05) is 0 Å². The van der Waals surface area contributed by atoms with Gasteiger partial charge in [-0.1, -0.05) is 12.1 Å². The van der Waals surface area contributed by atoms with Crippen LogP contribution in [0.5, 0.6) is 11.5 Å². The summed E-state index contributed by atoms with van der Waals surface area (Å²) in [4.78, 5) is 23.7. The van der Waals surface area contributed by atoms with E-state index in [1.165, 1.54) is 7.11 Å². The number of hydrogen-bond donors (Lipinski definition) is 2. The summed E-state index contributed by atoms with van der Waals surface area (Å²) in [5.74, 6) is -0.112. The largest absolute Gasteiger partial charge is 0.497 e. The second-order valence-electron chi connectivity index (χ2n) is 5.25. The molecule has 132 valence electrons. The highest BCUT2D eigenvalue weighted by Crippen LogP contribution is 2.26. The molecule has 0 spiro atoms. The minimum Gasteiger partial charge on any atom is -0.497 e. The normalized spacial score (nSPS) is 11.5. The first-order chi connectivity index (χ1) is 11.9. The van der Waals surface area contributed by atoms with E-state index in [1.54, 1.807) is 49.6 Å². The zero-order chi connectivity index (χ0) is 18.4. The molecule has 0 saturated carbocycles. The topological polar surface area (TPSA) is 84.9 Å². The van der Waals surface area contributed by atoms with Crippen molar-refractivity contribution in [1.82, 2.24) is 5.32 Å². The van der Waals surface area contributed by atoms with Gasteiger partial charge in [-0.05, 0) is 51.8 Å². The maximum Gasteiger partial charge on any atom is 0.305 e. The van der Waals surface area contributed by atoms with Gasteiger partial charge in [0.25, 0.3) is 5.91 Å². The monoisotopic (exact) mass is 407 g/mol. The second-order valence-corrected chi connectivity index (χ2v) is 6.10. The Morgan fingerprint density at radius 1 is 1.12 bits per heavy atom. The van der Waals surface area contributed by atoms with Crippen LogP contribution in [-0.2, 0) is 4.79 Å². The van der Waals surface area contributed by atoms with Gasteiger partial charge in [-0.2, -0.15) is 0 Å². The number of carbonyl (C=O) groups is 2. The number of ether oxygens (including phenoxy) is 2. The van der Waals surface area contributed by atoms with E-state index in [-0.39, 0.29) is 12.3 Å². The lowest BCUT2D eigenvalue weighted by atomic mass is 10.0. The molecule has 6 nitrogen and oxygen atoms in total. The van der Waals surface area contributed by atoms with Gasteiger partial charge in [-0.3, -0.25) is 9.59 Å². The van der Waals surface area contributed by atoms with E-state index >= 15 is 0 Å². The van der Waals surface area contributed by atoms with Crippen molar-refractivity contribution in [3.63, 3.8) is 0 Å². The fraction of sp³-hybridized carbons (Fsp3) is 0.222. The zero-order valence-electron chi connectivity index (χ0n) is 13.8. The van der Waals surface area contributed by atoms with Gasteiger partial charge in [-0.25, -0.2) is 0 Å². The molecule has 2 rings (SSSR count). The van der Waals surface area contributed by atoms with E-state index in [9.17, 15) is 9.59 Å². The predicted octanol–water partition coefficient (Wildman–Crippen LogP) is 3.41. The van der Waals surface area contributed by atoms with E-state index in [2.05, 4.69) is 21.2 Å². The van der Waals surface area contributed by atoms with Gasteiger partial charge in [0.15, 0.2) is 0 Å². The molecule has 1 amide bonds. The number of halogens is 1. The van der Waals surface area contributed by atoms with Crippen molar-refractivity contribution in [3.05, 3.63) is 58.1 Å². The Kier molecular flexibility index (Phi) is 6.41. The Bertz CT molecular complexity index is 761. The lowest BCUT2D eigenvalue weighted by Crippen LogP contribution is -2.30. The maximum atomic E-state index is 12.5. The average molecular weight is 408 g/mol. The fourth-order valence-electron chi connectivity index (χ4n) is 2.31. The molecule has 0 unspecified atom stereocenters. The summed E-state index contributed by atoms with van der Waals surface area (Å²) in [6.07, 6.45) is -0.227. The standard InChI is InChI=1S/C18H18BrNO5/c1-24-13-6-3-11(4-7-13)15(10-17(21)22)20-18(23)12-5-8-16(25-2)14(19)9-12/h3-9,15H,10H2,1-2H3,(H,20,23)(H,21,22)/t15-/m1/s1. The molecule has 0 aliphatic carbocycles. The number of carboxylic acids is 1. The van der Waals surface area contributed by atoms with Crippen LogP contribution in [0.25, 0.3) is 0 Å². The zero-order valence-corrected chi connectivity index (χ0v) is 15.4. The first kappa shape index (κ1) is 18.8. The van der Waals surface area contributed by atoms with Crippen LogP contribution in [-0.4, -0.2) is 31.2 Å². The summed E-state index contributed by atoms with van der Waals surface area (Å²) in [6, 6.07) is 11.2. The summed E-state index contributed by atoms with van der Waals surface area (Å²) in [7, 11) is 3.08. The third kappa shape index (κ3) is 4.96. The molecule has 25 heavy (non-hydrogen) atoms. The maximum absolute atomic E-state index is 12.5. The predicted molar refractivity (Wildman–Crippen MR) is 96.1 cm³/mol. The molecule has 2 N–H and O–H groups in total. The molecular formula is C18H18BrNO5. The molecule has 0 aliphatic rings. The highest BCUT2D eigenvalue weighted by molar-refractivity contribution is 9.10. The van der Waals surface area contributed by atoms with E-state index in [0.717, 1.165) is 0 Å². The number of rotatable bonds is 7. The molecule has 1 atom stereocenters. The van der Waals surface area contributed by atoms with Gasteiger partial charge in [0.1, 0.15) is 11.5 Å². The molecular weight excluding hydrogens is 390 g/mol. The SMILES string of the molecule is COc1ccc([C@@H](CC(=O)O)NC(=O)c2ccc(OC)c(Br)c2)cc1. The van der Waals surface area contributed by atoms with Gasteiger partial charge >= 0.3 is 5.97 Å². The van der Waals surface area contributed by atoms with E-state index in [4.69, 9.17) is 14.6 Å². The third-order valence-corrected chi connectivity index (χ3v) is 4.24. The van der Waals surface area contributed by atoms with Crippen molar-refractivity contribution in [2.24, 2.45) is 0 Å². The van der Waals surface area contributed by atoms with Crippen molar-refractivity contribution in [1.29, 1.82) is 0 Å². The highest BCUT2D eigenvalue weighted by atomic mass is 79.9. The lowest BCUT2D eigenvalue weighted by Gasteiger charge is -2.18. The molecule has 0 saturated heterocycles. The first-order valence-electron chi connectivity index (χ1n) is 7.44. The van der Waals surface area contributed by atoms with Gasteiger partial charge in [-0.15, -0.1) is 0 Å². The Labute approximate surface area is 153 Å². The van der Waals surface area contributed by atoms with Crippen molar-refractivity contribution in [3.8, 4) is 11.5 Å². The summed E-state index contributed by atoms with van der Waals surface area (Å²) in [6.45, 7) is 0. The summed E-state index contributed by atoms with van der Waals surface area (Å²) >= 11 is 3.33. The molecule has 0 heterocycles. The Morgan fingerprint density at radius 2 is 1.80 bits per heavy atom. The number of carboxylic acid groups (broad SMARTS) is 1. The number of nitrogens with one attached hydrogen (secondary N) is 1.